The van der Waals surface area contributed by atoms with Crippen LogP contribution in [-0.2, 0) is 21.9 Å². The van der Waals surface area contributed by atoms with E-state index in [0.717, 1.165) is 4.68 Å². The molecule has 0 radical (unpaired) electrons. The maximum absolute atomic E-state index is 11.6. The SMILES string of the molecule is C[C@H](NS(=O)(=O)c1ccnn1C)C(=O)O. The summed E-state index contributed by atoms with van der Waals surface area (Å²) in [4.78, 5) is 10.5. The lowest BCUT2D eigenvalue weighted by Gasteiger charge is -2.09. The molecular formula is C7H11N3O4S. The largest absolute Gasteiger partial charge is 0.480 e. The molecule has 0 aliphatic heterocycles. The second-order valence-electron chi connectivity index (χ2n) is 2.97. The lowest BCUT2D eigenvalue weighted by Crippen LogP contribution is -2.38. The van der Waals surface area contributed by atoms with Gasteiger partial charge in [0.25, 0.3) is 10.0 Å². The summed E-state index contributed by atoms with van der Waals surface area (Å²) in [5.41, 5.74) is 0. The van der Waals surface area contributed by atoms with Crippen LogP contribution in [0.2, 0.25) is 0 Å². The lowest BCUT2D eigenvalue weighted by atomic mass is 10.4. The average Bonchev–Trinajstić information content (AvgIpc) is 2.50. The molecule has 0 unspecified atom stereocenters. The number of carboxylic acids is 1. The van der Waals surface area contributed by atoms with Gasteiger partial charge in [-0.05, 0) is 13.0 Å². The molecule has 2 N–H and O–H groups in total. The molecule has 8 heteroatoms. The zero-order valence-corrected chi connectivity index (χ0v) is 9.02. The molecule has 1 heterocycles. The van der Waals surface area contributed by atoms with Crippen molar-refractivity contribution in [2.45, 2.75) is 18.0 Å². The fourth-order valence-electron chi connectivity index (χ4n) is 0.969. The number of aliphatic carboxylic acids is 1. The topological polar surface area (TPSA) is 101 Å². The van der Waals surface area contributed by atoms with Crippen LogP contribution in [0.5, 0.6) is 0 Å². The summed E-state index contributed by atoms with van der Waals surface area (Å²) < 4.78 is 26.3. The first kappa shape index (κ1) is 11.7. The molecule has 0 spiro atoms. The first-order valence-electron chi connectivity index (χ1n) is 4.08. The van der Waals surface area contributed by atoms with Crippen molar-refractivity contribution in [3.8, 4) is 0 Å². The first-order chi connectivity index (χ1) is 6.84. The smallest absolute Gasteiger partial charge is 0.321 e. The normalized spacial score (nSPS) is 13.7. The molecule has 0 aliphatic rings. The highest BCUT2D eigenvalue weighted by atomic mass is 32.2. The van der Waals surface area contributed by atoms with Gasteiger partial charge in [0.2, 0.25) is 0 Å². The van der Waals surface area contributed by atoms with E-state index in [9.17, 15) is 13.2 Å². The number of carbonyl (C=O) groups is 1. The van der Waals surface area contributed by atoms with Crippen LogP contribution in [0, 0.1) is 0 Å². The fourth-order valence-corrected chi connectivity index (χ4v) is 2.29. The Labute approximate surface area is 86.8 Å². The number of nitrogens with one attached hydrogen (secondary N) is 1. The van der Waals surface area contributed by atoms with E-state index >= 15 is 0 Å². The van der Waals surface area contributed by atoms with Crippen LogP contribution in [0.25, 0.3) is 0 Å². The highest BCUT2D eigenvalue weighted by Crippen LogP contribution is 2.06. The molecule has 0 fully saturated rings. The third-order valence-electron chi connectivity index (χ3n) is 1.75. The van der Waals surface area contributed by atoms with Gasteiger partial charge in [0.1, 0.15) is 6.04 Å². The van der Waals surface area contributed by atoms with E-state index in [1.807, 2.05) is 4.72 Å². The molecule has 0 bridgehead atoms. The van der Waals surface area contributed by atoms with Gasteiger partial charge in [-0.15, -0.1) is 0 Å². The second-order valence-corrected chi connectivity index (χ2v) is 4.64. The van der Waals surface area contributed by atoms with E-state index in [4.69, 9.17) is 5.11 Å². The molecular weight excluding hydrogens is 222 g/mol. The summed E-state index contributed by atoms with van der Waals surface area (Å²) in [5.74, 6) is -1.24. The Morgan fingerprint density at radius 2 is 2.27 bits per heavy atom. The summed E-state index contributed by atoms with van der Waals surface area (Å²) >= 11 is 0. The van der Waals surface area contributed by atoms with E-state index < -0.39 is 22.0 Å². The maximum Gasteiger partial charge on any atom is 0.321 e. The third-order valence-corrected chi connectivity index (χ3v) is 3.37. The highest BCUT2D eigenvalue weighted by molar-refractivity contribution is 7.89. The van der Waals surface area contributed by atoms with E-state index in [0.29, 0.717) is 0 Å². The number of aromatic nitrogens is 2. The van der Waals surface area contributed by atoms with Gasteiger partial charge in [0.15, 0.2) is 5.03 Å². The van der Waals surface area contributed by atoms with Crippen molar-refractivity contribution in [3.05, 3.63) is 12.3 Å². The predicted molar refractivity (Wildman–Crippen MR) is 50.6 cm³/mol. The van der Waals surface area contributed by atoms with E-state index in [1.165, 1.54) is 26.2 Å². The van der Waals surface area contributed by atoms with E-state index in [2.05, 4.69) is 5.10 Å². The molecule has 0 saturated carbocycles. The first-order valence-corrected chi connectivity index (χ1v) is 5.56. The molecule has 7 nitrogen and oxygen atoms in total. The minimum atomic E-state index is -3.82. The second kappa shape index (κ2) is 3.99. The van der Waals surface area contributed by atoms with Gasteiger partial charge in [-0.1, -0.05) is 0 Å². The minimum absolute atomic E-state index is 0.0735. The lowest BCUT2D eigenvalue weighted by molar-refractivity contribution is -0.138. The quantitative estimate of drug-likeness (QED) is 0.707. The highest BCUT2D eigenvalue weighted by Gasteiger charge is 2.23. The van der Waals surface area contributed by atoms with Gasteiger partial charge in [-0.25, -0.2) is 8.42 Å². The van der Waals surface area contributed by atoms with Crippen LogP contribution in [0.15, 0.2) is 17.3 Å². The number of hydrogen-bond donors (Lipinski definition) is 2. The number of nitrogens with zero attached hydrogens (tertiary/aromatic N) is 2. The minimum Gasteiger partial charge on any atom is -0.480 e. The molecule has 1 aromatic rings. The van der Waals surface area contributed by atoms with Gasteiger partial charge in [-0.3, -0.25) is 9.48 Å². The Morgan fingerprint density at radius 1 is 1.67 bits per heavy atom. The van der Waals surface area contributed by atoms with Crippen molar-refractivity contribution < 1.29 is 18.3 Å². The number of rotatable bonds is 4. The van der Waals surface area contributed by atoms with Crippen molar-refractivity contribution in [3.63, 3.8) is 0 Å². The Morgan fingerprint density at radius 3 is 2.67 bits per heavy atom. The molecule has 0 amide bonds. The standard InChI is InChI=1S/C7H11N3O4S/c1-5(7(11)12)9-15(13,14)6-3-4-8-10(6)2/h3-5,9H,1-2H3,(H,11,12)/t5-/m0/s1. The number of aryl methyl sites for hydroxylation is 1. The Hall–Kier alpha value is -1.41. The predicted octanol–water partition coefficient (Wildman–Crippen LogP) is -0.828. The fraction of sp³-hybridized carbons (Fsp3) is 0.429. The number of hydrogen-bond acceptors (Lipinski definition) is 4. The van der Waals surface area contributed by atoms with Crippen LogP contribution in [0.3, 0.4) is 0 Å². The number of carboxylic acid groups (broad SMARTS) is 1. The maximum atomic E-state index is 11.6. The molecule has 0 saturated heterocycles. The van der Waals surface area contributed by atoms with Crippen molar-refractivity contribution in [2.75, 3.05) is 0 Å². The zero-order valence-electron chi connectivity index (χ0n) is 8.21. The number of sulfonamides is 1. The summed E-state index contributed by atoms with van der Waals surface area (Å²) in [6.45, 7) is 1.25. The average molecular weight is 233 g/mol. The van der Waals surface area contributed by atoms with Gasteiger partial charge >= 0.3 is 5.97 Å². The summed E-state index contributed by atoms with van der Waals surface area (Å²) in [6, 6.07) is 0.113. The van der Waals surface area contributed by atoms with Crippen LogP contribution in [0.1, 0.15) is 6.92 Å². The van der Waals surface area contributed by atoms with Gasteiger partial charge < -0.3 is 5.11 Å². The Kier molecular flexibility index (Phi) is 3.10. The molecule has 1 rings (SSSR count). The van der Waals surface area contributed by atoms with Crippen molar-refractivity contribution in [1.29, 1.82) is 0 Å². The molecule has 0 aromatic carbocycles. The van der Waals surface area contributed by atoms with Crippen molar-refractivity contribution in [1.82, 2.24) is 14.5 Å². The zero-order chi connectivity index (χ0) is 11.6. The molecule has 1 atom stereocenters. The monoisotopic (exact) mass is 233 g/mol. The van der Waals surface area contributed by atoms with Gasteiger partial charge in [0.05, 0.1) is 6.20 Å². The molecule has 0 aliphatic carbocycles. The Balaban J connectivity index is 2.96. The van der Waals surface area contributed by atoms with Crippen LogP contribution < -0.4 is 4.72 Å². The molecule has 84 valence electrons. The van der Waals surface area contributed by atoms with Gasteiger partial charge in [-0.2, -0.15) is 9.82 Å². The van der Waals surface area contributed by atoms with E-state index in [1.54, 1.807) is 0 Å². The molecule has 15 heavy (non-hydrogen) atoms. The van der Waals surface area contributed by atoms with Crippen LogP contribution in [0.4, 0.5) is 0 Å². The van der Waals surface area contributed by atoms with E-state index in [-0.39, 0.29) is 5.03 Å². The Bertz CT molecular complexity index is 464. The van der Waals surface area contributed by atoms with Crippen molar-refractivity contribution >= 4 is 16.0 Å². The molecule has 1 aromatic heterocycles. The summed E-state index contributed by atoms with van der Waals surface area (Å²) in [6.07, 6.45) is 1.32. The third kappa shape index (κ3) is 2.54. The summed E-state index contributed by atoms with van der Waals surface area (Å²) in [7, 11) is -2.36. The van der Waals surface area contributed by atoms with Gasteiger partial charge in [0, 0.05) is 7.05 Å². The van der Waals surface area contributed by atoms with Crippen molar-refractivity contribution in [2.24, 2.45) is 7.05 Å². The van der Waals surface area contributed by atoms with Crippen LogP contribution >= 0.6 is 0 Å². The van der Waals surface area contributed by atoms with Crippen LogP contribution in [-0.4, -0.2) is 35.3 Å². The summed E-state index contributed by atoms with van der Waals surface area (Å²) in [5, 5.41) is 12.2.